The second-order valence-corrected chi connectivity index (χ2v) is 7.21. The zero-order valence-corrected chi connectivity index (χ0v) is 18.6. The van der Waals surface area contributed by atoms with Gasteiger partial charge in [-0.3, -0.25) is 0 Å². The molecular weight excluding hydrogens is 424 g/mol. The van der Waals surface area contributed by atoms with Crippen molar-refractivity contribution in [2.75, 3.05) is 21.3 Å². The van der Waals surface area contributed by atoms with Crippen LogP contribution in [0.1, 0.15) is 15.9 Å². The molecule has 0 fully saturated rings. The summed E-state index contributed by atoms with van der Waals surface area (Å²) in [6.45, 7) is 1.84. The fourth-order valence-electron chi connectivity index (χ4n) is 3.70. The molecule has 0 radical (unpaired) electrons. The van der Waals surface area contributed by atoms with Crippen LogP contribution in [0.3, 0.4) is 0 Å². The standard InChI is InChI=1S/C26H22O7/c1-15-18-11-10-17(32-25(27)19-7-5-6-8-20(19)29-2)14-22(18)33-26(28)24(15)16-9-12-21(30-3)23(13-16)31-4/h5-14H,1-4H3. The van der Waals surface area contributed by atoms with Crippen molar-refractivity contribution in [3.63, 3.8) is 0 Å². The van der Waals surface area contributed by atoms with E-state index in [2.05, 4.69) is 0 Å². The van der Waals surface area contributed by atoms with Gasteiger partial charge in [-0.15, -0.1) is 0 Å². The molecule has 7 heteroatoms. The predicted molar refractivity (Wildman–Crippen MR) is 124 cm³/mol. The summed E-state index contributed by atoms with van der Waals surface area (Å²) in [7, 11) is 4.56. The molecule has 33 heavy (non-hydrogen) atoms. The van der Waals surface area contributed by atoms with Gasteiger partial charge in [-0.2, -0.15) is 0 Å². The third-order valence-corrected chi connectivity index (χ3v) is 5.35. The Morgan fingerprint density at radius 2 is 1.55 bits per heavy atom. The molecule has 1 heterocycles. The lowest BCUT2D eigenvalue weighted by Gasteiger charge is -2.12. The largest absolute Gasteiger partial charge is 0.496 e. The van der Waals surface area contributed by atoms with Crippen LogP contribution >= 0.6 is 0 Å². The minimum atomic E-state index is -0.576. The van der Waals surface area contributed by atoms with E-state index in [9.17, 15) is 9.59 Å². The summed E-state index contributed by atoms with van der Waals surface area (Å²) in [4.78, 5) is 25.5. The number of carbonyl (C=O) groups excluding carboxylic acids is 1. The Morgan fingerprint density at radius 1 is 0.818 bits per heavy atom. The Labute approximate surface area is 190 Å². The van der Waals surface area contributed by atoms with Gasteiger partial charge in [0.25, 0.3) is 0 Å². The number of aryl methyl sites for hydroxylation is 1. The Balaban J connectivity index is 1.72. The van der Waals surface area contributed by atoms with Crippen molar-refractivity contribution < 1.29 is 28.2 Å². The van der Waals surface area contributed by atoms with Gasteiger partial charge in [0.15, 0.2) is 11.5 Å². The first-order chi connectivity index (χ1) is 16.0. The zero-order chi connectivity index (χ0) is 23.5. The highest BCUT2D eigenvalue weighted by Crippen LogP contribution is 2.34. The predicted octanol–water partition coefficient (Wildman–Crippen LogP) is 5.01. The number of hydrogen-bond acceptors (Lipinski definition) is 7. The highest BCUT2D eigenvalue weighted by Gasteiger charge is 2.18. The highest BCUT2D eigenvalue weighted by molar-refractivity contribution is 5.95. The van der Waals surface area contributed by atoms with Crippen molar-refractivity contribution in [2.24, 2.45) is 0 Å². The molecule has 7 nitrogen and oxygen atoms in total. The van der Waals surface area contributed by atoms with Gasteiger partial charge in [-0.05, 0) is 54.4 Å². The maximum atomic E-state index is 12.9. The zero-order valence-electron chi connectivity index (χ0n) is 18.6. The molecule has 0 unspecified atom stereocenters. The topological polar surface area (TPSA) is 84.2 Å². The second-order valence-electron chi connectivity index (χ2n) is 7.21. The van der Waals surface area contributed by atoms with Crippen LogP contribution in [0.2, 0.25) is 0 Å². The van der Waals surface area contributed by atoms with E-state index in [4.69, 9.17) is 23.4 Å². The maximum absolute atomic E-state index is 12.9. The average Bonchev–Trinajstić information content (AvgIpc) is 2.83. The van der Waals surface area contributed by atoms with E-state index in [0.717, 1.165) is 10.9 Å². The first kappa shape index (κ1) is 22.0. The van der Waals surface area contributed by atoms with Crippen molar-refractivity contribution in [3.05, 3.63) is 82.2 Å². The van der Waals surface area contributed by atoms with Crippen LogP contribution < -0.4 is 24.6 Å². The number of para-hydroxylation sites is 1. The molecule has 168 valence electrons. The fraction of sp³-hybridized carbons (Fsp3) is 0.154. The van der Waals surface area contributed by atoms with Gasteiger partial charge in [0.2, 0.25) is 0 Å². The van der Waals surface area contributed by atoms with E-state index in [1.807, 2.05) is 6.92 Å². The Bertz CT molecular complexity index is 1400. The Kier molecular flexibility index (Phi) is 6.04. The number of fused-ring (bicyclic) bond motifs is 1. The molecule has 0 saturated carbocycles. The molecule has 0 atom stereocenters. The van der Waals surface area contributed by atoms with Crippen LogP contribution in [0.4, 0.5) is 0 Å². The molecule has 4 aromatic rings. The second kappa shape index (κ2) is 9.08. The lowest BCUT2D eigenvalue weighted by atomic mass is 9.99. The molecule has 0 aliphatic carbocycles. The first-order valence-electron chi connectivity index (χ1n) is 10.1. The van der Waals surface area contributed by atoms with Crippen LogP contribution in [0.15, 0.2) is 69.9 Å². The molecule has 0 bridgehead atoms. The Morgan fingerprint density at radius 3 is 2.27 bits per heavy atom. The molecule has 0 amide bonds. The number of benzene rings is 3. The van der Waals surface area contributed by atoms with Gasteiger partial charge in [-0.1, -0.05) is 18.2 Å². The summed E-state index contributed by atoms with van der Waals surface area (Å²) >= 11 is 0. The number of ether oxygens (including phenoxy) is 4. The quantitative estimate of drug-likeness (QED) is 0.234. The van der Waals surface area contributed by atoms with Crippen molar-refractivity contribution in [1.29, 1.82) is 0 Å². The smallest absolute Gasteiger partial charge is 0.347 e. The average molecular weight is 446 g/mol. The number of esters is 1. The molecule has 4 rings (SSSR count). The fourth-order valence-corrected chi connectivity index (χ4v) is 3.70. The first-order valence-corrected chi connectivity index (χ1v) is 10.1. The van der Waals surface area contributed by atoms with Gasteiger partial charge < -0.3 is 23.4 Å². The third-order valence-electron chi connectivity index (χ3n) is 5.35. The minimum Gasteiger partial charge on any atom is -0.496 e. The van der Waals surface area contributed by atoms with Crippen LogP contribution in [0.5, 0.6) is 23.0 Å². The molecule has 0 N–H and O–H groups in total. The van der Waals surface area contributed by atoms with Crippen molar-refractivity contribution in [1.82, 2.24) is 0 Å². The normalized spacial score (nSPS) is 10.7. The van der Waals surface area contributed by atoms with Crippen LogP contribution in [0, 0.1) is 6.92 Å². The molecular formula is C26H22O7. The lowest BCUT2D eigenvalue weighted by molar-refractivity contribution is 0.0731. The molecule has 1 aromatic heterocycles. The van der Waals surface area contributed by atoms with Crippen molar-refractivity contribution >= 4 is 16.9 Å². The van der Waals surface area contributed by atoms with Gasteiger partial charge >= 0.3 is 11.6 Å². The van der Waals surface area contributed by atoms with E-state index in [1.165, 1.54) is 20.3 Å². The summed E-state index contributed by atoms with van der Waals surface area (Å²) in [5.41, 5.74) is 1.89. The molecule has 0 aliphatic rings. The molecule has 0 saturated heterocycles. The van der Waals surface area contributed by atoms with E-state index < -0.39 is 11.6 Å². The number of hydrogen-bond donors (Lipinski definition) is 0. The summed E-state index contributed by atoms with van der Waals surface area (Å²) in [5, 5.41) is 0.719. The van der Waals surface area contributed by atoms with Crippen molar-refractivity contribution in [2.45, 2.75) is 6.92 Å². The number of rotatable bonds is 6. The number of carbonyl (C=O) groups is 1. The lowest BCUT2D eigenvalue weighted by Crippen LogP contribution is -2.10. The van der Waals surface area contributed by atoms with Crippen LogP contribution in [0.25, 0.3) is 22.1 Å². The molecule has 3 aromatic carbocycles. The minimum absolute atomic E-state index is 0.250. The summed E-state index contributed by atoms with van der Waals surface area (Å²) in [6.07, 6.45) is 0. The summed E-state index contributed by atoms with van der Waals surface area (Å²) in [5.74, 6) is 1.15. The van der Waals surface area contributed by atoms with Gasteiger partial charge in [0, 0.05) is 11.5 Å². The highest BCUT2D eigenvalue weighted by atomic mass is 16.5. The van der Waals surface area contributed by atoms with E-state index >= 15 is 0 Å². The van der Waals surface area contributed by atoms with Crippen LogP contribution in [-0.2, 0) is 0 Å². The van der Waals surface area contributed by atoms with Crippen LogP contribution in [-0.4, -0.2) is 27.3 Å². The molecule has 0 aliphatic heterocycles. The summed E-state index contributed by atoms with van der Waals surface area (Å²) in [6, 6.07) is 16.9. The van der Waals surface area contributed by atoms with E-state index in [1.54, 1.807) is 61.7 Å². The monoisotopic (exact) mass is 446 g/mol. The molecule has 0 spiro atoms. The summed E-state index contributed by atoms with van der Waals surface area (Å²) < 4.78 is 26.9. The van der Waals surface area contributed by atoms with Crippen molar-refractivity contribution in [3.8, 4) is 34.1 Å². The van der Waals surface area contributed by atoms with Gasteiger partial charge in [0.1, 0.15) is 22.6 Å². The Hall–Kier alpha value is -4.26. The number of methoxy groups -OCH3 is 3. The van der Waals surface area contributed by atoms with E-state index in [-0.39, 0.29) is 5.75 Å². The van der Waals surface area contributed by atoms with E-state index in [0.29, 0.717) is 39.5 Å². The van der Waals surface area contributed by atoms with Gasteiger partial charge in [0.05, 0.1) is 26.9 Å². The third kappa shape index (κ3) is 4.13. The van der Waals surface area contributed by atoms with Gasteiger partial charge in [-0.25, -0.2) is 9.59 Å². The SMILES string of the molecule is COc1ccc(-c2c(C)c3ccc(OC(=O)c4ccccc4OC)cc3oc2=O)cc1OC. The maximum Gasteiger partial charge on any atom is 0.347 e.